The Kier molecular flexibility index (Phi) is 6.06. The standard InChI is InChI=1S/C15H20Cl2N2O3/c1-10(20)19-9-15(21-2)8-18-5-6-22-14(15)11-3-4-12(16)13(17)7-11/h3-4,7,14,18H,5-6,8-9H2,1-2H3,(H,19,20). The minimum absolute atomic E-state index is 0.117. The fourth-order valence-corrected chi connectivity index (χ4v) is 2.86. The Morgan fingerprint density at radius 3 is 2.91 bits per heavy atom. The lowest BCUT2D eigenvalue weighted by atomic mass is 9.90. The van der Waals surface area contributed by atoms with Crippen molar-refractivity contribution in [1.29, 1.82) is 0 Å². The van der Waals surface area contributed by atoms with Gasteiger partial charge in [-0.25, -0.2) is 0 Å². The number of benzene rings is 1. The summed E-state index contributed by atoms with van der Waals surface area (Å²) in [5.74, 6) is -0.117. The van der Waals surface area contributed by atoms with Crippen molar-refractivity contribution in [3.63, 3.8) is 0 Å². The predicted molar refractivity (Wildman–Crippen MR) is 86.4 cm³/mol. The fraction of sp³-hybridized carbons (Fsp3) is 0.533. The van der Waals surface area contributed by atoms with Gasteiger partial charge in [0.1, 0.15) is 11.7 Å². The maximum Gasteiger partial charge on any atom is 0.216 e. The zero-order valence-electron chi connectivity index (χ0n) is 12.6. The van der Waals surface area contributed by atoms with E-state index >= 15 is 0 Å². The molecule has 0 bridgehead atoms. The van der Waals surface area contributed by atoms with Crippen LogP contribution >= 0.6 is 23.2 Å². The van der Waals surface area contributed by atoms with Crippen LogP contribution in [-0.4, -0.2) is 44.9 Å². The van der Waals surface area contributed by atoms with E-state index in [1.54, 1.807) is 19.2 Å². The first-order valence-electron chi connectivity index (χ1n) is 7.05. The molecule has 1 saturated heterocycles. The van der Waals surface area contributed by atoms with E-state index in [-0.39, 0.29) is 12.0 Å². The van der Waals surface area contributed by atoms with Gasteiger partial charge in [0.25, 0.3) is 0 Å². The first kappa shape index (κ1) is 17.5. The molecule has 1 amide bonds. The lowest BCUT2D eigenvalue weighted by molar-refractivity contribution is -0.129. The third kappa shape index (κ3) is 3.91. The summed E-state index contributed by atoms with van der Waals surface area (Å²) in [4.78, 5) is 11.3. The molecule has 2 unspecified atom stereocenters. The SMILES string of the molecule is COC1(CNC(C)=O)CNCCOC1c1ccc(Cl)c(Cl)c1. The summed E-state index contributed by atoms with van der Waals surface area (Å²) in [5, 5.41) is 7.05. The molecule has 1 fully saturated rings. The Balaban J connectivity index is 2.36. The van der Waals surface area contributed by atoms with Gasteiger partial charge in [0.2, 0.25) is 5.91 Å². The highest BCUT2D eigenvalue weighted by Gasteiger charge is 2.42. The van der Waals surface area contributed by atoms with Crippen molar-refractivity contribution in [2.24, 2.45) is 0 Å². The Morgan fingerprint density at radius 1 is 1.50 bits per heavy atom. The molecule has 1 aliphatic rings. The number of nitrogens with one attached hydrogen (secondary N) is 2. The van der Waals surface area contributed by atoms with Gasteiger partial charge in [0, 0.05) is 27.1 Å². The van der Waals surface area contributed by atoms with E-state index in [4.69, 9.17) is 32.7 Å². The zero-order chi connectivity index (χ0) is 16.2. The van der Waals surface area contributed by atoms with Gasteiger partial charge in [-0.05, 0) is 17.7 Å². The molecular formula is C15H20Cl2N2O3. The van der Waals surface area contributed by atoms with Gasteiger partial charge in [-0.2, -0.15) is 0 Å². The van der Waals surface area contributed by atoms with E-state index in [2.05, 4.69) is 10.6 Å². The summed E-state index contributed by atoms with van der Waals surface area (Å²) in [7, 11) is 1.61. The molecule has 0 radical (unpaired) electrons. The third-order valence-corrected chi connectivity index (χ3v) is 4.49. The Bertz CT molecular complexity index is 542. The van der Waals surface area contributed by atoms with Crippen molar-refractivity contribution >= 4 is 29.1 Å². The first-order valence-corrected chi connectivity index (χ1v) is 7.81. The van der Waals surface area contributed by atoms with Crippen LogP contribution in [0.4, 0.5) is 0 Å². The Hall–Kier alpha value is -0.850. The molecule has 122 valence electrons. The Labute approximate surface area is 140 Å². The highest BCUT2D eigenvalue weighted by molar-refractivity contribution is 6.42. The summed E-state index contributed by atoms with van der Waals surface area (Å²) in [5.41, 5.74) is 0.143. The van der Waals surface area contributed by atoms with Crippen LogP contribution in [0.5, 0.6) is 0 Å². The molecule has 2 rings (SSSR count). The molecule has 2 N–H and O–H groups in total. The summed E-state index contributed by atoms with van der Waals surface area (Å²) >= 11 is 12.1. The van der Waals surface area contributed by atoms with Crippen LogP contribution in [0.1, 0.15) is 18.6 Å². The largest absolute Gasteiger partial charge is 0.372 e. The van der Waals surface area contributed by atoms with Crippen molar-refractivity contribution in [3.05, 3.63) is 33.8 Å². The quantitative estimate of drug-likeness (QED) is 0.877. The number of amides is 1. The second-order valence-corrected chi connectivity index (χ2v) is 6.09. The van der Waals surface area contributed by atoms with Crippen LogP contribution in [0.3, 0.4) is 0 Å². The first-order chi connectivity index (χ1) is 10.5. The average molecular weight is 347 g/mol. The number of methoxy groups -OCH3 is 1. The second kappa shape index (κ2) is 7.62. The lowest BCUT2D eigenvalue weighted by Gasteiger charge is -2.38. The predicted octanol–water partition coefficient (Wildman–Crippen LogP) is 2.18. The van der Waals surface area contributed by atoms with E-state index in [1.807, 2.05) is 6.07 Å². The molecular weight excluding hydrogens is 327 g/mol. The van der Waals surface area contributed by atoms with Crippen molar-refractivity contribution in [3.8, 4) is 0 Å². The lowest BCUT2D eigenvalue weighted by Crippen LogP contribution is -2.53. The van der Waals surface area contributed by atoms with Gasteiger partial charge in [0.05, 0.1) is 23.2 Å². The summed E-state index contributed by atoms with van der Waals surface area (Å²) in [6, 6.07) is 5.38. The van der Waals surface area contributed by atoms with Crippen LogP contribution in [0.2, 0.25) is 10.0 Å². The van der Waals surface area contributed by atoms with Gasteiger partial charge in [0.15, 0.2) is 0 Å². The van der Waals surface area contributed by atoms with Crippen LogP contribution < -0.4 is 10.6 Å². The minimum Gasteiger partial charge on any atom is -0.372 e. The van der Waals surface area contributed by atoms with Gasteiger partial charge < -0.3 is 20.1 Å². The van der Waals surface area contributed by atoms with Crippen LogP contribution in [-0.2, 0) is 14.3 Å². The highest BCUT2D eigenvalue weighted by atomic mass is 35.5. The van der Waals surface area contributed by atoms with Crippen molar-refractivity contribution in [1.82, 2.24) is 10.6 Å². The number of carbonyl (C=O) groups is 1. The highest BCUT2D eigenvalue weighted by Crippen LogP contribution is 2.36. The van der Waals surface area contributed by atoms with E-state index < -0.39 is 5.60 Å². The molecule has 1 aromatic rings. The monoisotopic (exact) mass is 346 g/mol. The van der Waals surface area contributed by atoms with Crippen LogP contribution in [0.15, 0.2) is 18.2 Å². The van der Waals surface area contributed by atoms with E-state index in [9.17, 15) is 4.79 Å². The molecule has 5 nitrogen and oxygen atoms in total. The van der Waals surface area contributed by atoms with Crippen LogP contribution in [0, 0.1) is 0 Å². The number of ether oxygens (including phenoxy) is 2. The maximum absolute atomic E-state index is 11.3. The van der Waals surface area contributed by atoms with E-state index in [0.29, 0.717) is 36.3 Å². The number of hydrogen-bond acceptors (Lipinski definition) is 4. The number of halogens is 2. The van der Waals surface area contributed by atoms with Gasteiger partial charge in [-0.15, -0.1) is 0 Å². The molecule has 22 heavy (non-hydrogen) atoms. The molecule has 1 aliphatic heterocycles. The smallest absolute Gasteiger partial charge is 0.216 e. The van der Waals surface area contributed by atoms with Crippen LogP contribution in [0.25, 0.3) is 0 Å². The number of rotatable bonds is 4. The maximum atomic E-state index is 11.3. The summed E-state index contributed by atoms with van der Waals surface area (Å²) in [6.07, 6.45) is -0.367. The molecule has 0 aromatic heterocycles. The summed E-state index contributed by atoms with van der Waals surface area (Å²) in [6.45, 7) is 3.60. The van der Waals surface area contributed by atoms with E-state index in [1.165, 1.54) is 6.92 Å². The Morgan fingerprint density at radius 2 is 2.27 bits per heavy atom. The molecule has 0 spiro atoms. The topological polar surface area (TPSA) is 59.6 Å². The average Bonchev–Trinajstić information content (AvgIpc) is 2.71. The van der Waals surface area contributed by atoms with Gasteiger partial charge in [-0.1, -0.05) is 29.3 Å². The van der Waals surface area contributed by atoms with Gasteiger partial charge in [-0.3, -0.25) is 4.79 Å². The van der Waals surface area contributed by atoms with Crippen molar-refractivity contribution < 1.29 is 14.3 Å². The summed E-state index contributed by atoms with van der Waals surface area (Å²) < 4.78 is 11.8. The number of hydrogen-bond donors (Lipinski definition) is 2. The van der Waals surface area contributed by atoms with Crippen molar-refractivity contribution in [2.45, 2.75) is 18.6 Å². The minimum atomic E-state index is -0.723. The van der Waals surface area contributed by atoms with E-state index in [0.717, 1.165) is 5.56 Å². The molecule has 0 aliphatic carbocycles. The van der Waals surface area contributed by atoms with Gasteiger partial charge >= 0.3 is 0 Å². The zero-order valence-corrected chi connectivity index (χ0v) is 14.1. The fourth-order valence-electron chi connectivity index (χ4n) is 2.55. The normalized spacial score (nSPS) is 25.5. The molecule has 7 heteroatoms. The number of carbonyl (C=O) groups excluding carboxylic acids is 1. The molecule has 1 heterocycles. The second-order valence-electron chi connectivity index (χ2n) is 5.28. The molecule has 1 aromatic carbocycles. The molecule has 2 atom stereocenters. The molecule has 0 saturated carbocycles. The third-order valence-electron chi connectivity index (χ3n) is 3.75. The van der Waals surface area contributed by atoms with Crippen molar-refractivity contribution in [2.75, 3.05) is 33.4 Å².